The van der Waals surface area contributed by atoms with Crippen LogP contribution in [-0.2, 0) is 12.0 Å². The lowest BCUT2D eigenvalue weighted by Gasteiger charge is -2.32. The van der Waals surface area contributed by atoms with Crippen molar-refractivity contribution in [3.8, 4) is 6.07 Å². The molecule has 4 heteroatoms. The standard InChI is InChI=1S/C21H31N3O/c1-21(2,16-22)20-10-4-3-7-17(20)13-23-11-5-8-18(23)14-24-12-6-9-19(24)15-25/h3-4,7,10,18-19,25H,5-6,8-9,11-15H2,1-2H3. The summed E-state index contributed by atoms with van der Waals surface area (Å²) in [6, 6.07) is 11.8. The van der Waals surface area contributed by atoms with E-state index in [1.54, 1.807) is 0 Å². The summed E-state index contributed by atoms with van der Waals surface area (Å²) in [4.78, 5) is 5.06. The average molecular weight is 341 g/mol. The summed E-state index contributed by atoms with van der Waals surface area (Å²) >= 11 is 0. The van der Waals surface area contributed by atoms with Crippen LogP contribution in [0.4, 0.5) is 0 Å². The zero-order valence-electron chi connectivity index (χ0n) is 15.6. The molecule has 3 rings (SSSR count). The third kappa shape index (κ3) is 4.06. The van der Waals surface area contributed by atoms with Crippen LogP contribution >= 0.6 is 0 Å². The van der Waals surface area contributed by atoms with Crippen molar-refractivity contribution in [1.82, 2.24) is 9.80 Å². The summed E-state index contributed by atoms with van der Waals surface area (Å²) in [6.45, 7) is 8.52. The van der Waals surface area contributed by atoms with E-state index in [-0.39, 0.29) is 6.61 Å². The van der Waals surface area contributed by atoms with Crippen LogP contribution in [0.15, 0.2) is 24.3 Å². The first-order chi connectivity index (χ1) is 12.0. The van der Waals surface area contributed by atoms with Gasteiger partial charge in [0.15, 0.2) is 0 Å². The molecule has 2 atom stereocenters. The van der Waals surface area contributed by atoms with Gasteiger partial charge >= 0.3 is 0 Å². The fourth-order valence-corrected chi connectivity index (χ4v) is 4.47. The van der Waals surface area contributed by atoms with Crippen LogP contribution in [0.1, 0.15) is 50.7 Å². The number of benzene rings is 1. The number of rotatable bonds is 6. The van der Waals surface area contributed by atoms with E-state index in [0.29, 0.717) is 12.1 Å². The molecule has 4 nitrogen and oxygen atoms in total. The quantitative estimate of drug-likeness (QED) is 0.864. The van der Waals surface area contributed by atoms with Gasteiger partial charge in [0.25, 0.3) is 0 Å². The van der Waals surface area contributed by atoms with Crippen molar-refractivity contribution in [2.24, 2.45) is 0 Å². The zero-order chi connectivity index (χ0) is 17.9. The van der Waals surface area contributed by atoms with E-state index in [1.165, 1.54) is 24.8 Å². The van der Waals surface area contributed by atoms with Crippen LogP contribution < -0.4 is 0 Å². The summed E-state index contributed by atoms with van der Waals surface area (Å²) in [7, 11) is 0. The Hall–Kier alpha value is -1.41. The molecule has 2 saturated heterocycles. The van der Waals surface area contributed by atoms with Crippen molar-refractivity contribution in [2.75, 3.05) is 26.2 Å². The predicted octanol–water partition coefficient (Wildman–Crippen LogP) is 2.91. The fraction of sp³-hybridized carbons (Fsp3) is 0.667. The lowest BCUT2D eigenvalue weighted by Crippen LogP contribution is -2.43. The maximum absolute atomic E-state index is 9.58. The van der Waals surface area contributed by atoms with Crippen molar-refractivity contribution in [3.63, 3.8) is 0 Å². The lowest BCUT2D eigenvalue weighted by molar-refractivity contribution is 0.120. The monoisotopic (exact) mass is 341 g/mol. The van der Waals surface area contributed by atoms with Crippen molar-refractivity contribution < 1.29 is 5.11 Å². The first-order valence-corrected chi connectivity index (χ1v) is 9.64. The van der Waals surface area contributed by atoms with Gasteiger partial charge in [-0.25, -0.2) is 0 Å². The van der Waals surface area contributed by atoms with E-state index in [9.17, 15) is 10.4 Å². The number of hydrogen-bond donors (Lipinski definition) is 1. The van der Waals surface area contributed by atoms with Gasteiger partial charge in [0.2, 0.25) is 0 Å². The van der Waals surface area contributed by atoms with Gasteiger partial charge in [-0.15, -0.1) is 0 Å². The Morgan fingerprint density at radius 3 is 2.52 bits per heavy atom. The summed E-state index contributed by atoms with van der Waals surface area (Å²) < 4.78 is 0. The van der Waals surface area contributed by atoms with Crippen molar-refractivity contribution in [2.45, 2.75) is 63.6 Å². The Morgan fingerprint density at radius 1 is 1.12 bits per heavy atom. The van der Waals surface area contributed by atoms with E-state index in [0.717, 1.165) is 38.2 Å². The molecule has 2 unspecified atom stereocenters. The molecule has 0 amide bonds. The van der Waals surface area contributed by atoms with Crippen LogP contribution in [0.3, 0.4) is 0 Å². The lowest BCUT2D eigenvalue weighted by atomic mass is 9.83. The van der Waals surface area contributed by atoms with Crippen LogP contribution in [0.2, 0.25) is 0 Å². The minimum absolute atomic E-state index is 0.284. The molecular weight excluding hydrogens is 310 g/mol. The molecule has 0 spiro atoms. The minimum atomic E-state index is -0.456. The number of nitrogens with zero attached hydrogens (tertiary/aromatic N) is 3. The number of nitriles is 1. The third-order valence-electron chi connectivity index (χ3n) is 6.00. The van der Waals surface area contributed by atoms with E-state index >= 15 is 0 Å². The first kappa shape index (κ1) is 18.4. The van der Waals surface area contributed by atoms with Crippen molar-refractivity contribution in [1.29, 1.82) is 5.26 Å². The SMILES string of the molecule is CC(C)(C#N)c1ccccc1CN1CCCC1CN1CCCC1CO. The van der Waals surface area contributed by atoms with Crippen LogP contribution in [-0.4, -0.2) is 53.2 Å². The summed E-state index contributed by atoms with van der Waals surface area (Å²) in [5.74, 6) is 0. The molecule has 136 valence electrons. The minimum Gasteiger partial charge on any atom is -0.395 e. The van der Waals surface area contributed by atoms with Gasteiger partial charge in [0.1, 0.15) is 0 Å². The average Bonchev–Trinajstić information content (AvgIpc) is 3.25. The zero-order valence-corrected chi connectivity index (χ0v) is 15.6. The van der Waals surface area contributed by atoms with Gasteiger partial charge in [-0.2, -0.15) is 5.26 Å². The highest BCUT2D eigenvalue weighted by atomic mass is 16.3. The van der Waals surface area contributed by atoms with E-state index in [1.807, 2.05) is 19.9 Å². The third-order valence-corrected chi connectivity index (χ3v) is 6.00. The van der Waals surface area contributed by atoms with Gasteiger partial charge in [0.05, 0.1) is 18.1 Å². The molecule has 0 aliphatic carbocycles. The Bertz CT molecular complexity index is 622. The topological polar surface area (TPSA) is 50.5 Å². The number of aliphatic hydroxyl groups excluding tert-OH is 1. The Labute approximate surface area is 152 Å². The van der Waals surface area contributed by atoms with E-state index in [4.69, 9.17) is 0 Å². The highest BCUT2D eigenvalue weighted by Crippen LogP contribution is 2.29. The Kier molecular flexibility index (Phi) is 5.78. The molecule has 1 aromatic rings. The van der Waals surface area contributed by atoms with Crippen LogP contribution in [0.25, 0.3) is 0 Å². The molecule has 0 aromatic heterocycles. The maximum Gasteiger partial charge on any atom is 0.0769 e. The number of likely N-dealkylation sites (tertiary alicyclic amines) is 2. The van der Waals surface area contributed by atoms with Gasteiger partial charge in [0, 0.05) is 25.2 Å². The van der Waals surface area contributed by atoms with Crippen LogP contribution in [0, 0.1) is 11.3 Å². The highest BCUT2D eigenvalue weighted by molar-refractivity contribution is 5.37. The van der Waals surface area contributed by atoms with Crippen molar-refractivity contribution >= 4 is 0 Å². The molecule has 2 aliphatic rings. The van der Waals surface area contributed by atoms with Gasteiger partial charge in [-0.1, -0.05) is 24.3 Å². The van der Waals surface area contributed by atoms with Gasteiger partial charge < -0.3 is 5.11 Å². The van der Waals surface area contributed by atoms with Gasteiger partial charge in [-0.05, 0) is 63.7 Å². The smallest absolute Gasteiger partial charge is 0.0769 e. The second kappa shape index (κ2) is 7.86. The highest BCUT2D eigenvalue weighted by Gasteiger charge is 2.32. The number of aliphatic hydroxyl groups is 1. The van der Waals surface area contributed by atoms with Crippen molar-refractivity contribution in [3.05, 3.63) is 35.4 Å². The Balaban J connectivity index is 1.71. The summed E-state index contributed by atoms with van der Waals surface area (Å²) in [6.07, 6.45) is 4.81. The van der Waals surface area contributed by atoms with Crippen LogP contribution in [0.5, 0.6) is 0 Å². The predicted molar refractivity (Wildman–Crippen MR) is 100 cm³/mol. The molecular formula is C21H31N3O. The molecule has 2 heterocycles. The molecule has 0 radical (unpaired) electrons. The number of hydrogen-bond acceptors (Lipinski definition) is 4. The normalized spacial score (nSPS) is 25.4. The molecule has 25 heavy (non-hydrogen) atoms. The summed E-state index contributed by atoms with van der Waals surface area (Å²) in [5.41, 5.74) is 1.97. The second-order valence-corrected chi connectivity index (χ2v) is 8.13. The second-order valence-electron chi connectivity index (χ2n) is 8.13. The fourth-order valence-electron chi connectivity index (χ4n) is 4.47. The van der Waals surface area contributed by atoms with Gasteiger partial charge in [-0.3, -0.25) is 9.80 Å². The molecule has 2 fully saturated rings. The van der Waals surface area contributed by atoms with E-state index < -0.39 is 5.41 Å². The first-order valence-electron chi connectivity index (χ1n) is 9.64. The molecule has 0 saturated carbocycles. The maximum atomic E-state index is 9.58. The largest absolute Gasteiger partial charge is 0.395 e. The molecule has 1 aromatic carbocycles. The summed E-state index contributed by atoms with van der Waals surface area (Å²) in [5, 5.41) is 19.1. The molecule has 2 aliphatic heterocycles. The molecule has 1 N–H and O–H groups in total. The Morgan fingerprint density at radius 2 is 1.80 bits per heavy atom. The van der Waals surface area contributed by atoms with E-state index in [2.05, 4.69) is 34.1 Å². The molecule has 0 bridgehead atoms.